The predicted octanol–water partition coefficient (Wildman–Crippen LogP) is 1.79. The summed E-state index contributed by atoms with van der Waals surface area (Å²) in [5, 5.41) is 5.67. The quantitative estimate of drug-likeness (QED) is 0.760. The van der Waals surface area contributed by atoms with Gasteiger partial charge in [-0.1, -0.05) is 20.3 Å². The van der Waals surface area contributed by atoms with Crippen molar-refractivity contribution in [2.24, 2.45) is 5.92 Å². The van der Waals surface area contributed by atoms with Crippen LogP contribution in [0.4, 0.5) is 4.79 Å². The number of carbonyl (C=O) groups is 3. The molecule has 124 valence electrons. The van der Waals surface area contributed by atoms with Gasteiger partial charge in [-0.3, -0.25) is 14.5 Å². The lowest BCUT2D eigenvalue weighted by atomic mass is 9.77. The highest BCUT2D eigenvalue weighted by atomic mass is 16.2. The van der Waals surface area contributed by atoms with Crippen LogP contribution in [0.25, 0.3) is 0 Å². The van der Waals surface area contributed by atoms with Gasteiger partial charge in [-0.25, -0.2) is 4.79 Å². The molecule has 2 N–H and O–H groups in total. The summed E-state index contributed by atoms with van der Waals surface area (Å²) >= 11 is 0. The van der Waals surface area contributed by atoms with Crippen LogP contribution >= 0.6 is 0 Å². The molecule has 4 amide bonds. The van der Waals surface area contributed by atoms with E-state index >= 15 is 0 Å². The minimum Gasteiger partial charge on any atom is -0.352 e. The Balaban J connectivity index is 1.96. The van der Waals surface area contributed by atoms with E-state index in [4.69, 9.17) is 0 Å². The van der Waals surface area contributed by atoms with Crippen LogP contribution < -0.4 is 10.6 Å². The maximum Gasteiger partial charge on any atom is 0.325 e. The van der Waals surface area contributed by atoms with E-state index in [-0.39, 0.29) is 24.4 Å². The molecule has 1 atom stereocenters. The molecule has 0 bridgehead atoms. The molecule has 0 radical (unpaired) electrons. The molecule has 22 heavy (non-hydrogen) atoms. The van der Waals surface area contributed by atoms with Crippen molar-refractivity contribution in [3.05, 3.63) is 0 Å². The fourth-order valence-electron chi connectivity index (χ4n) is 3.38. The molecule has 2 aliphatic rings. The average molecular weight is 309 g/mol. The van der Waals surface area contributed by atoms with Gasteiger partial charge < -0.3 is 10.6 Å². The van der Waals surface area contributed by atoms with Crippen molar-refractivity contribution in [2.45, 2.75) is 70.9 Å². The van der Waals surface area contributed by atoms with Crippen molar-refractivity contribution < 1.29 is 14.4 Å². The van der Waals surface area contributed by atoms with Crippen LogP contribution in [0.1, 0.15) is 59.3 Å². The van der Waals surface area contributed by atoms with Gasteiger partial charge in [0.2, 0.25) is 5.91 Å². The molecule has 1 saturated heterocycles. The van der Waals surface area contributed by atoms with Crippen molar-refractivity contribution in [1.29, 1.82) is 0 Å². The molecule has 2 fully saturated rings. The molecule has 6 heteroatoms. The van der Waals surface area contributed by atoms with E-state index < -0.39 is 11.6 Å². The highest BCUT2D eigenvalue weighted by Gasteiger charge is 2.52. The monoisotopic (exact) mass is 309 g/mol. The van der Waals surface area contributed by atoms with Gasteiger partial charge in [0.25, 0.3) is 5.91 Å². The van der Waals surface area contributed by atoms with Crippen LogP contribution in [-0.4, -0.2) is 40.9 Å². The number of hydrogen-bond donors (Lipinski definition) is 2. The molecule has 1 aliphatic carbocycles. The average Bonchev–Trinajstić information content (AvgIpc) is 2.67. The van der Waals surface area contributed by atoms with Crippen molar-refractivity contribution in [1.82, 2.24) is 15.5 Å². The summed E-state index contributed by atoms with van der Waals surface area (Å²) in [6.45, 7) is 5.95. The summed E-state index contributed by atoms with van der Waals surface area (Å²) in [5.74, 6) is 0.0796. The maximum absolute atomic E-state index is 12.6. The molecule has 1 heterocycles. The molecule has 0 aromatic carbocycles. The van der Waals surface area contributed by atoms with E-state index in [1.54, 1.807) is 0 Å². The Morgan fingerprint density at radius 1 is 1.41 bits per heavy atom. The lowest BCUT2D eigenvalue weighted by Crippen LogP contribution is -2.50. The Kier molecular flexibility index (Phi) is 5.08. The summed E-state index contributed by atoms with van der Waals surface area (Å²) in [6.07, 6.45) is 5.06. The summed E-state index contributed by atoms with van der Waals surface area (Å²) < 4.78 is 0. The largest absolute Gasteiger partial charge is 0.352 e. The number of carbonyl (C=O) groups excluding carboxylic acids is 3. The first-order chi connectivity index (χ1) is 10.4. The van der Waals surface area contributed by atoms with E-state index in [0.29, 0.717) is 18.8 Å². The smallest absolute Gasteiger partial charge is 0.325 e. The van der Waals surface area contributed by atoms with Crippen LogP contribution in [0.5, 0.6) is 0 Å². The first kappa shape index (κ1) is 16.8. The van der Waals surface area contributed by atoms with Gasteiger partial charge in [-0.05, 0) is 44.9 Å². The fourth-order valence-corrected chi connectivity index (χ4v) is 3.38. The van der Waals surface area contributed by atoms with Crippen molar-refractivity contribution >= 4 is 17.8 Å². The Hall–Kier alpha value is -1.59. The third-order valence-electron chi connectivity index (χ3n) is 4.80. The van der Waals surface area contributed by atoms with Crippen molar-refractivity contribution in [3.63, 3.8) is 0 Å². The molecule has 0 aromatic rings. The third-order valence-corrected chi connectivity index (χ3v) is 4.80. The summed E-state index contributed by atoms with van der Waals surface area (Å²) in [4.78, 5) is 37.8. The van der Waals surface area contributed by atoms with Gasteiger partial charge in [0.15, 0.2) is 0 Å². The topological polar surface area (TPSA) is 78.5 Å². The van der Waals surface area contributed by atoms with Crippen LogP contribution in [-0.2, 0) is 9.59 Å². The van der Waals surface area contributed by atoms with Crippen LogP contribution in [0, 0.1) is 5.92 Å². The predicted molar refractivity (Wildman–Crippen MR) is 83.1 cm³/mol. The number of imide groups is 1. The van der Waals surface area contributed by atoms with Crippen molar-refractivity contribution in [2.75, 3.05) is 6.54 Å². The van der Waals surface area contributed by atoms with E-state index in [9.17, 15) is 14.4 Å². The minimum absolute atomic E-state index is 0.0581. The number of urea groups is 1. The molecule has 0 aromatic heterocycles. The van der Waals surface area contributed by atoms with E-state index in [2.05, 4.69) is 17.6 Å². The van der Waals surface area contributed by atoms with Crippen LogP contribution in [0.3, 0.4) is 0 Å². The normalized spacial score (nSPS) is 29.6. The highest BCUT2D eigenvalue weighted by molar-refractivity contribution is 6.09. The van der Waals surface area contributed by atoms with Crippen molar-refractivity contribution in [3.8, 4) is 0 Å². The number of hydrogen-bond acceptors (Lipinski definition) is 3. The van der Waals surface area contributed by atoms with E-state index in [1.807, 2.05) is 13.8 Å². The van der Waals surface area contributed by atoms with Gasteiger partial charge in [0, 0.05) is 6.04 Å². The molecule has 1 aliphatic heterocycles. The van der Waals surface area contributed by atoms with Crippen LogP contribution in [0.15, 0.2) is 0 Å². The summed E-state index contributed by atoms with van der Waals surface area (Å²) in [7, 11) is 0. The summed E-state index contributed by atoms with van der Waals surface area (Å²) in [6, 6.07) is -0.374. The number of nitrogens with zero attached hydrogens (tertiary/aromatic N) is 1. The zero-order valence-corrected chi connectivity index (χ0v) is 13.8. The molecule has 1 saturated carbocycles. The first-order valence-electron chi connectivity index (χ1n) is 8.31. The Morgan fingerprint density at radius 2 is 2.05 bits per heavy atom. The second kappa shape index (κ2) is 6.67. The number of rotatable bonds is 5. The highest BCUT2D eigenvalue weighted by Crippen LogP contribution is 2.36. The van der Waals surface area contributed by atoms with Gasteiger partial charge in [-0.15, -0.1) is 0 Å². The fraction of sp³-hybridized carbons (Fsp3) is 0.812. The minimum atomic E-state index is -0.765. The van der Waals surface area contributed by atoms with E-state index in [1.165, 1.54) is 0 Å². The number of nitrogens with one attached hydrogen (secondary N) is 2. The molecular formula is C16H27N3O3. The molecule has 1 spiro atoms. The first-order valence-corrected chi connectivity index (χ1v) is 8.31. The molecule has 6 nitrogen and oxygen atoms in total. The molecule has 1 unspecified atom stereocenters. The van der Waals surface area contributed by atoms with Gasteiger partial charge in [0.1, 0.15) is 12.1 Å². The SMILES string of the molecule is CCCC(C)NC(=O)CN1C(=O)NC2(CCC(C)CC2)C1=O. The molecular weight excluding hydrogens is 282 g/mol. The van der Waals surface area contributed by atoms with Crippen LogP contribution in [0.2, 0.25) is 0 Å². The second-order valence-electron chi connectivity index (χ2n) is 6.84. The second-order valence-corrected chi connectivity index (χ2v) is 6.84. The number of amides is 4. The van der Waals surface area contributed by atoms with E-state index in [0.717, 1.165) is 30.6 Å². The zero-order valence-electron chi connectivity index (χ0n) is 13.8. The lowest BCUT2D eigenvalue weighted by molar-refractivity contribution is -0.136. The van der Waals surface area contributed by atoms with Gasteiger partial charge in [0.05, 0.1) is 0 Å². The van der Waals surface area contributed by atoms with Gasteiger partial charge >= 0.3 is 6.03 Å². The molecule has 2 rings (SSSR count). The Labute approximate surface area is 132 Å². The Bertz CT molecular complexity index is 456. The lowest BCUT2D eigenvalue weighted by Gasteiger charge is -2.33. The summed E-state index contributed by atoms with van der Waals surface area (Å²) in [5.41, 5.74) is -0.765. The Morgan fingerprint density at radius 3 is 2.64 bits per heavy atom. The zero-order chi connectivity index (χ0) is 16.3. The van der Waals surface area contributed by atoms with Gasteiger partial charge in [-0.2, -0.15) is 0 Å². The standard InChI is InChI=1S/C16H27N3O3/c1-4-5-12(3)17-13(20)10-19-14(21)16(18-15(19)22)8-6-11(2)7-9-16/h11-12H,4-10H2,1-3H3,(H,17,20)(H,18,22). The maximum atomic E-state index is 12.6. The third kappa shape index (κ3) is 3.42.